The number of unbranched alkanes of at least 4 members (excludes halogenated alkanes) is 1. The van der Waals surface area contributed by atoms with Gasteiger partial charge in [-0.2, -0.15) is 0 Å². The van der Waals surface area contributed by atoms with Crippen LogP contribution in [0, 0.1) is 0 Å². The fourth-order valence-electron chi connectivity index (χ4n) is 1.60. The van der Waals surface area contributed by atoms with Crippen molar-refractivity contribution in [1.29, 1.82) is 0 Å². The van der Waals surface area contributed by atoms with Gasteiger partial charge in [-0.25, -0.2) is 0 Å². The number of carbonyl (C=O) groups is 2. The smallest absolute Gasteiger partial charge is 0.303 e. The molecule has 0 rings (SSSR count). The first kappa shape index (κ1) is 15.9. The molecule has 0 aromatic carbocycles. The summed E-state index contributed by atoms with van der Waals surface area (Å²) in [5.74, 6) is -1.60. The zero-order valence-corrected chi connectivity index (χ0v) is 10.0. The first-order chi connectivity index (χ1) is 8.06. The van der Waals surface area contributed by atoms with Crippen LogP contribution in [0.3, 0.4) is 0 Å². The van der Waals surface area contributed by atoms with Crippen molar-refractivity contribution >= 4 is 11.9 Å². The molecule has 0 radical (unpaired) electrons. The Kier molecular flexibility index (Phi) is 9.37. The third-order valence-corrected chi connectivity index (χ3v) is 2.48. The van der Waals surface area contributed by atoms with E-state index >= 15 is 0 Å². The molecule has 0 aliphatic heterocycles. The highest BCUT2D eigenvalue weighted by Crippen LogP contribution is 2.08. The average molecular weight is 246 g/mol. The molecule has 0 saturated heterocycles. The molecule has 1 atom stereocenters. The van der Waals surface area contributed by atoms with Gasteiger partial charge in [-0.05, 0) is 19.3 Å². The molecule has 0 saturated carbocycles. The monoisotopic (exact) mass is 246 g/mol. The molecule has 6 nitrogen and oxygen atoms in total. The van der Waals surface area contributed by atoms with Crippen LogP contribution < -0.4 is 11.1 Å². The fourth-order valence-corrected chi connectivity index (χ4v) is 1.60. The van der Waals surface area contributed by atoms with E-state index in [1.54, 1.807) is 0 Å². The van der Waals surface area contributed by atoms with Crippen molar-refractivity contribution in [3.63, 3.8) is 0 Å². The number of carboxylic acids is 2. The van der Waals surface area contributed by atoms with Crippen molar-refractivity contribution in [3.05, 3.63) is 0 Å². The topological polar surface area (TPSA) is 113 Å². The van der Waals surface area contributed by atoms with Crippen molar-refractivity contribution in [2.45, 2.75) is 44.6 Å². The molecule has 1 unspecified atom stereocenters. The summed E-state index contributed by atoms with van der Waals surface area (Å²) in [7, 11) is 0. The number of nitrogens with one attached hydrogen (secondary N) is 1. The van der Waals surface area contributed by atoms with Gasteiger partial charge in [-0.15, -0.1) is 0 Å². The van der Waals surface area contributed by atoms with Gasteiger partial charge in [0.05, 0.1) is 0 Å². The van der Waals surface area contributed by atoms with Crippen LogP contribution in [0.25, 0.3) is 0 Å². The van der Waals surface area contributed by atoms with E-state index in [1.807, 2.05) is 0 Å². The van der Waals surface area contributed by atoms with Crippen LogP contribution in [0.5, 0.6) is 0 Å². The molecule has 0 aliphatic carbocycles. The average Bonchev–Trinajstić information content (AvgIpc) is 2.26. The van der Waals surface area contributed by atoms with Crippen molar-refractivity contribution in [2.75, 3.05) is 13.1 Å². The fraction of sp³-hybridized carbons (Fsp3) is 0.818. The third-order valence-electron chi connectivity index (χ3n) is 2.48. The predicted octanol–water partition coefficient (Wildman–Crippen LogP) is 0.413. The minimum atomic E-state index is -0.810. The van der Waals surface area contributed by atoms with Gasteiger partial charge in [-0.1, -0.05) is 6.42 Å². The Hall–Kier alpha value is -1.14. The Labute approximate surface area is 101 Å². The van der Waals surface area contributed by atoms with E-state index in [2.05, 4.69) is 5.32 Å². The van der Waals surface area contributed by atoms with E-state index in [9.17, 15) is 9.59 Å². The summed E-state index contributed by atoms with van der Waals surface area (Å²) in [5, 5.41) is 20.3. The first-order valence-corrected chi connectivity index (χ1v) is 5.93. The third kappa shape index (κ3) is 11.1. The van der Waals surface area contributed by atoms with Gasteiger partial charge in [0.1, 0.15) is 0 Å². The Morgan fingerprint density at radius 3 is 2.24 bits per heavy atom. The molecular weight excluding hydrogens is 224 g/mol. The van der Waals surface area contributed by atoms with Crippen LogP contribution in [0.1, 0.15) is 38.5 Å². The maximum atomic E-state index is 10.5. The molecule has 100 valence electrons. The highest BCUT2D eigenvalue weighted by Gasteiger charge is 2.10. The quantitative estimate of drug-likeness (QED) is 0.393. The highest BCUT2D eigenvalue weighted by atomic mass is 16.4. The minimum absolute atomic E-state index is 0.114. The molecule has 0 spiro atoms. The number of hydrogen-bond acceptors (Lipinski definition) is 4. The lowest BCUT2D eigenvalue weighted by Crippen LogP contribution is -2.33. The lowest BCUT2D eigenvalue weighted by Gasteiger charge is -2.17. The molecule has 0 aliphatic rings. The summed E-state index contributed by atoms with van der Waals surface area (Å²) in [4.78, 5) is 20.8. The molecule has 17 heavy (non-hydrogen) atoms. The molecule has 0 bridgehead atoms. The predicted molar refractivity (Wildman–Crippen MR) is 63.8 cm³/mol. The van der Waals surface area contributed by atoms with Gasteiger partial charge in [0, 0.05) is 32.0 Å². The van der Waals surface area contributed by atoms with Crippen LogP contribution in [-0.4, -0.2) is 41.3 Å². The summed E-state index contributed by atoms with van der Waals surface area (Å²) in [6, 6.07) is 0.114. The second kappa shape index (κ2) is 10.0. The number of hydrogen-bond donors (Lipinski definition) is 4. The van der Waals surface area contributed by atoms with Crippen LogP contribution in [-0.2, 0) is 9.59 Å². The zero-order valence-electron chi connectivity index (χ0n) is 10.0. The Bertz CT molecular complexity index is 234. The lowest BCUT2D eigenvalue weighted by molar-refractivity contribution is -0.138. The minimum Gasteiger partial charge on any atom is -0.481 e. The summed E-state index contributed by atoms with van der Waals surface area (Å²) >= 11 is 0. The van der Waals surface area contributed by atoms with Crippen molar-refractivity contribution in [3.8, 4) is 0 Å². The summed E-state index contributed by atoms with van der Waals surface area (Å²) in [6.07, 6.45) is 3.06. The van der Waals surface area contributed by atoms with Crippen LogP contribution in [0.15, 0.2) is 0 Å². The second-order valence-corrected chi connectivity index (χ2v) is 4.01. The van der Waals surface area contributed by atoms with Gasteiger partial charge in [0.25, 0.3) is 0 Å². The molecule has 0 heterocycles. The SMILES string of the molecule is NCCNC(CCCCC(=O)O)CCC(=O)O. The van der Waals surface area contributed by atoms with Gasteiger partial charge in [0.15, 0.2) is 0 Å². The van der Waals surface area contributed by atoms with E-state index in [-0.39, 0.29) is 18.9 Å². The number of nitrogens with two attached hydrogens (primary N) is 1. The van der Waals surface area contributed by atoms with E-state index < -0.39 is 11.9 Å². The van der Waals surface area contributed by atoms with E-state index in [0.717, 1.165) is 12.8 Å². The van der Waals surface area contributed by atoms with Crippen LogP contribution in [0.2, 0.25) is 0 Å². The first-order valence-electron chi connectivity index (χ1n) is 5.93. The van der Waals surface area contributed by atoms with Gasteiger partial charge in [-0.3, -0.25) is 9.59 Å². The Balaban J connectivity index is 3.75. The number of carboxylic acid groups (broad SMARTS) is 2. The van der Waals surface area contributed by atoms with Gasteiger partial charge < -0.3 is 21.3 Å². The summed E-state index contributed by atoms with van der Waals surface area (Å²) < 4.78 is 0. The molecule has 0 aromatic heterocycles. The van der Waals surface area contributed by atoms with Crippen molar-refractivity contribution in [1.82, 2.24) is 5.32 Å². The van der Waals surface area contributed by atoms with Crippen LogP contribution in [0.4, 0.5) is 0 Å². The van der Waals surface area contributed by atoms with E-state index in [4.69, 9.17) is 15.9 Å². The maximum Gasteiger partial charge on any atom is 0.303 e. The number of rotatable bonds is 11. The molecule has 5 N–H and O–H groups in total. The maximum absolute atomic E-state index is 10.5. The lowest BCUT2D eigenvalue weighted by atomic mass is 10.0. The summed E-state index contributed by atoms with van der Waals surface area (Å²) in [5.41, 5.74) is 5.37. The molecule has 0 fully saturated rings. The molecule has 6 heteroatoms. The van der Waals surface area contributed by atoms with Crippen molar-refractivity contribution in [2.24, 2.45) is 5.73 Å². The Morgan fingerprint density at radius 1 is 1.06 bits per heavy atom. The summed E-state index contributed by atoms with van der Waals surface area (Å²) in [6.45, 7) is 1.17. The van der Waals surface area contributed by atoms with E-state index in [1.165, 1.54) is 0 Å². The Morgan fingerprint density at radius 2 is 1.71 bits per heavy atom. The normalized spacial score (nSPS) is 12.3. The highest BCUT2D eigenvalue weighted by molar-refractivity contribution is 5.66. The van der Waals surface area contributed by atoms with E-state index in [0.29, 0.717) is 25.9 Å². The largest absolute Gasteiger partial charge is 0.481 e. The van der Waals surface area contributed by atoms with Gasteiger partial charge in [0.2, 0.25) is 0 Å². The zero-order chi connectivity index (χ0) is 13.1. The molecule has 0 aromatic rings. The molecule has 0 amide bonds. The van der Waals surface area contributed by atoms with Gasteiger partial charge >= 0.3 is 11.9 Å². The second-order valence-electron chi connectivity index (χ2n) is 4.01. The number of aliphatic carboxylic acids is 2. The van der Waals surface area contributed by atoms with Crippen LogP contribution >= 0.6 is 0 Å². The van der Waals surface area contributed by atoms with Crippen molar-refractivity contribution < 1.29 is 19.8 Å². The standard InChI is InChI=1S/C11H22N2O4/c12-7-8-13-9(5-6-11(16)17)3-1-2-4-10(14)15/h9,13H,1-8,12H2,(H,14,15)(H,16,17). The molecular formula is C11H22N2O4.